The van der Waals surface area contributed by atoms with Crippen LogP contribution in [-0.2, 0) is 15.1 Å². The van der Waals surface area contributed by atoms with Crippen LogP contribution in [0.1, 0.15) is 50.5 Å². The molecule has 4 nitrogen and oxygen atoms in total. The van der Waals surface area contributed by atoms with Crippen molar-refractivity contribution in [3.63, 3.8) is 0 Å². The largest absolute Gasteiger partial charge is 0.459 e. The lowest BCUT2D eigenvalue weighted by Crippen LogP contribution is -2.54. The lowest BCUT2D eigenvalue weighted by Gasteiger charge is -2.46. The number of hydrogen-bond acceptors (Lipinski definition) is 4. The number of esters is 1. The fourth-order valence-electron chi connectivity index (χ4n) is 5.58. The van der Waals surface area contributed by atoms with Gasteiger partial charge >= 0.3 is 5.97 Å². The van der Waals surface area contributed by atoms with Gasteiger partial charge < -0.3 is 14.7 Å². The van der Waals surface area contributed by atoms with Gasteiger partial charge in [0.25, 0.3) is 0 Å². The molecule has 3 aliphatic rings. The number of carbonyl (C=O) groups excluding carboxylic acids is 1. The summed E-state index contributed by atoms with van der Waals surface area (Å²) in [7, 11) is 2.15. The lowest BCUT2D eigenvalue weighted by molar-refractivity contribution is -0.191. The first-order chi connectivity index (χ1) is 12.6. The van der Waals surface area contributed by atoms with Crippen molar-refractivity contribution in [3.05, 3.63) is 35.9 Å². The molecule has 5 heteroatoms. The van der Waals surface area contributed by atoms with E-state index < -0.39 is 11.6 Å². The molecule has 2 unspecified atom stereocenters. The first-order valence-corrected chi connectivity index (χ1v) is 10.3. The molecule has 2 bridgehead atoms. The number of ether oxygens (including phenoxy) is 1. The predicted molar refractivity (Wildman–Crippen MR) is 111 cm³/mol. The van der Waals surface area contributed by atoms with Crippen molar-refractivity contribution in [2.75, 3.05) is 20.1 Å². The van der Waals surface area contributed by atoms with Crippen molar-refractivity contribution in [2.45, 2.75) is 56.7 Å². The molecule has 1 aliphatic heterocycles. The molecule has 0 aromatic heterocycles. The maximum atomic E-state index is 13.3. The van der Waals surface area contributed by atoms with E-state index in [1.807, 2.05) is 30.3 Å². The number of carbonyl (C=O) groups is 1. The number of likely N-dealkylation sites (tertiary alicyclic amines) is 1. The van der Waals surface area contributed by atoms with Crippen LogP contribution in [-0.4, -0.2) is 42.2 Å². The van der Waals surface area contributed by atoms with Gasteiger partial charge in [0.15, 0.2) is 5.60 Å². The molecular formula is C22H32BrNO3. The molecule has 0 radical (unpaired) electrons. The molecule has 0 amide bonds. The molecule has 1 heterocycles. The third-order valence-electron chi connectivity index (χ3n) is 6.89. The second-order valence-corrected chi connectivity index (χ2v) is 8.66. The highest BCUT2D eigenvalue weighted by molar-refractivity contribution is 8.93. The summed E-state index contributed by atoms with van der Waals surface area (Å²) in [5.41, 5.74) is -0.815. The fourth-order valence-corrected chi connectivity index (χ4v) is 5.58. The van der Waals surface area contributed by atoms with Crippen LogP contribution in [0.3, 0.4) is 0 Å². The second-order valence-electron chi connectivity index (χ2n) is 8.66. The number of benzene rings is 1. The number of nitrogens with zero attached hydrogens (tertiary/aromatic N) is 1. The molecule has 1 aromatic rings. The van der Waals surface area contributed by atoms with Crippen LogP contribution in [0.2, 0.25) is 0 Å². The molecule has 3 atom stereocenters. The molecule has 2 aliphatic carbocycles. The van der Waals surface area contributed by atoms with Gasteiger partial charge in [0, 0.05) is 30.8 Å². The standard InChI is InChI=1S/C22H31NO3.BrH/c1-23-14-16-8-7-9-17(15-23)20(16)26-21(24)22(25,19-12-5-6-13-19)18-10-3-2-4-11-18;/h2-4,10-11,16-17,19-20,25H,5-9,12-15H2,1H3;1H/t16?,17?,20?,22-;/m0./s1. The first-order valence-electron chi connectivity index (χ1n) is 10.3. The molecule has 2 saturated carbocycles. The van der Waals surface area contributed by atoms with Crippen LogP contribution in [0.5, 0.6) is 0 Å². The molecule has 1 N–H and O–H groups in total. The van der Waals surface area contributed by atoms with Crippen LogP contribution in [0.15, 0.2) is 30.3 Å². The number of aliphatic hydroxyl groups is 1. The van der Waals surface area contributed by atoms with Crippen LogP contribution in [0.25, 0.3) is 0 Å². The number of piperidine rings is 1. The summed E-state index contributed by atoms with van der Waals surface area (Å²) >= 11 is 0. The summed E-state index contributed by atoms with van der Waals surface area (Å²) in [4.78, 5) is 15.7. The van der Waals surface area contributed by atoms with Gasteiger partial charge in [-0.3, -0.25) is 0 Å². The highest BCUT2D eigenvalue weighted by atomic mass is 79.9. The molecule has 0 spiro atoms. The Morgan fingerprint density at radius 1 is 1.04 bits per heavy atom. The van der Waals surface area contributed by atoms with E-state index in [1.165, 1.54) is 6.42 Å². The zero-order valence-corrected chi connectivity index (χ0v) is 17.9. The van der Waals surface area contributed by atoms with E-state index in [9.17, 15) is 9.90 Å². The van der Waals surface area contributed by atoms with Gasteiger partial charge in [0.05, 0.1) is 0 Å². The van der Waals surface area contributed by atoms with E-state index in [1.54, 1.807) is 0 Å². The molecule has 4 rings (SSSR count). The third kappa shape index (κ3) is 3.96. The average molecular weight is 438 g/mol. The Bertz CT molecular complexity index is 620. The zero-order chi connectivity index (χ0) is 18.1. The van der Waals surface area contributed by atoms with Crippen LogP contribution in [0, 0.1) is 17.8 Å². The maximum Gasteiger partial charge on any atom is 0.343 e. The number of fused-ring (bicyclic) bond motifs is 2. The SMILES string of the molecule is Br.CN1CC2CCCC(C1)C2OC(=O)[C@](O)(c1ccccc1)C1CCCC1. The van der Waals surface area contributed by atoms with E-state index >= 15 is 0 Å². The van der Waals surface area contributed by atoms with Crippen molar-refractivity contribution in [1.82, 2.24) is 4.90 Å². The number of rotatable bonds is 4. The number of halogens is 1. The molecule has 1 aromatic carbocycles. The van der Waals surface area contributed by atoms with Crippen LogP contribution in [0.4, 0.5) is 0 Å². The molecule has 27 heavy (non-hydrogen) atoms. The van der Waals surface area contributed by atoms with Gasteiger partial charge in [-0.1, -0.05) is 49.6 Å². The molecule has 1 saturated heterocycles. The maximum absolute atomic E-state index is 13.3. The van der Waals surface area contributed by atoms with Crippen molar-refractivity contribution >= 4 is 23.0 Å². The summed E-state index contributed by atoms with van der Waals surface area (Å²) in [6.45, 7) is 1.98. The zero-order valence-electron chi connectivity index (χ0n) is 16.2. The van der Waals surface area contributed by atoms with Crippen molar-refractivity contribution in [1.29, 1.82) is 0 Å². The summed E-state index contributed by atoms with van der Waals surface area (Å²) in [5, 5.41) is 11.6. The first kappa shape index (κ1) is 20.8. The summed E-state index contributed by atoms with van der Waals surface area (Å²) < 4.78 is 6.12. The van der Waals surface area contributed by atoms with E-state index in [-0.39, 0.29) is 29.0 Å². The minimum absolute atomic E-state index is 0. The highest BCUT2D eigenvalue weighted by Gasteiger charge is 2.50. The van der Waals surface area contributed by atoms with Gasteiger partial charge in [0.2, 0.25) is 0 Å². The van der Waals surface area contributed by atoms with Gasteiger partial charge in [-0.05, 0) is 38.3 Å². The Balaban J connectivity index is 0.00000210. The van der Waals surface area contributed by atoms with Crippen molar-refractivity contribution < 1.29 is 14.6 Å². The monoisotopic (exact) mass is 437 g/mol. The Hall–Kier alpha value is -0.910. The minimum Gasteiger partial charge on any atom is -0.459 e. The topological polar surface area (TPSA) is 49.8 Å². The Morgan fingerprint density at radius 3 is 2.22 bits per heavy atom. The van der Waals surface area contributed by atoms with Gasteiger partial charge in [-0.2, -0.15) is 0 Å². The summed E-state index contributed by atoms with van der Waals surface area (Å²) in [5.74, 6) is 0.352. The van der Waals surface area contributed by atoms with Gasteiger partial charge in [-0.15, -0.1) is 17.0 Å². The normalized spacial score (nSPS) is 31.0. The molecule has 150 valence electrons. The van der Waals surface area contributed by atoms with Gasteiger partial charge in [-0.25, -0.2) is 4.79 Å². The van der Waals surface area contributed by atoms with E-state index in [2.05, 4.69) is 11.9 Å². The number of hydrogen-bond donors (Lipinski definition) is 1. The van der Waals surface area contributed by atoms with Crippen LogP contribution < -0.4 is 0 Å². The smallest absolute Gasteiger partial charge is 0.343 e. The minimum atomic E-state index is -1.50. The molecule has 3 fully saturated rings. The second kappa shape index (κ2) is 8.62. The van der Waals surface area contributed by atoms with E-state index in [0.717, 1.165) is 51.6 Å². The Kier molecular flexibility index (Phi) is 6.65. The quantitative estimate of drug-likeness (QED) is 0.725. The van der Waals surface area contributed by atoms with Crippen molar-refractivity contribution in [2.24, 2.45) is 17.8 Å². The van der Waals surface area contributed by atoms with Gasteiger partial charge in [0.1, 0.15) is 6.10 Å². The summed E-state index contributed by atoms with van der Waals surface area (Å²) in [6.07, 6.45) is 7.35. The lowest BCUT2D eigenvalue weighted by atomic mass is 9.75. The average Bonchev–Trinajstić information content (AvgIpc) is 3.17. The Labute approximate surface area is 173 Å². The Morgan fingerprint density at radius 2 is 1.63 bits per heavy atom. The van der Waals surface area contributed by atoms with E-state index in [0.29, 0.717) is 17.4 Å². The fraction of sp³-hybridized carbons (Fsp3) is 0.682. The highest BCUT2D eigenvalue weighted by Crippen LogP contribution is 2.43. The molecular weight excluding hydrogens is 406 g/mol. The predicted octanol–water partition coefficient (Wildman–Crippen LogP) is 3.92. The van der Waals surface area contributed by atoms with Crippen LogP contribution >= 0.6 is 17.0 Å². The van der Waals surface area contributed by atoms with Crippen molar-refractivity contribution in [3.8, 4) is 0 Å². The third-order valence-corrected chi connectivity index (χ3v) is 6.89. The van der Waals surface area contributed by atoms with E-state index in [4.69, 9.17) is 4.74 Å². The summed E-state index contributed by atoms with van der Waals surface area (Å²) in [6, 6.07) is 9.45.